The molecule has 2 N–H and O–H groups in total. The van der Waals surface area contributed by atoms with Crippen LogP contribution in [0, 0.1) is 0 Å². The fourth-order valence-corrected chi connectivity index (χ4v) is 3.29. The first-order chi connectivity index (χ1) is 12.2. The number of carbonyl (C=O) groups excluding carboxylic acids is 1. The lowest BCUT2D eigenvalue weighted by Crippen LogP contribution is -2.58. The molecule has 0 radical (unpaired) electrons. The molecular weight excluding hydrogens is 318 g/mol. The van der Waals surface area contributed by atoms with Crippen LogP contribution >= 0.6 is 0 Å². The first kappa shape index (κ1) is 17.6. The second-order valence-corrected chi connectivity index (χ2v) is 6.60. The molecule has 1 aromatic heterocycles. The topological polar surface area (TPSA) is 78.6 Å². The summed E-state index contributed by atoms with van der Waals surface area (Å²) in [7, 11) is 0. The molecule has 3 rings (SSSR count). The van der Waals surface area contributed by atoms with E-state index in [0.717, 1.165) is 25.8 Å². The van der Waals surface area contributed by atoms with Crippen LogP contribution < -0.4 is 5.32 Å². The van der Waals surface area contributed by atoms with Gasteiger partial charge in [0.25, 0.3) is 5.91 Å². The molecule has 1 amide bonds. The second-order valence-electron chi connectivity index (χ2n) is 6.60. The molecule has 0 unspecified atom stereocenters. The van der Waals surface area contributed by atoms with Crippen LogP contribution in [0.3, 0.4) is 0 Å². The van der Waals surface area contributed by atoms with Gasteiger partial charge in [0.2, 0.25) is 0 Å². The summed E-state index contributed by atoms with van der Waals surface area (Å²) in [5.74, 6) is 0.517. The lowest BCUT2D eigenvalue weighted by molar-refractivity contribution is -0.156. The molecule has 134 valence electrons. The fraction of sp³-hybridized carbons (Fsp3) is 0.474. The summed E-state index contributed by atoms with van der Waals surface area (Å²) in [5, 5.41) is 17.5. The quantitative estimate of drug-likeness (QED) is 0.763. The van der Waals surface area contributed by atoms with E-state index in [9.17, 15) is 9.90 Å². The highest BCUT2D eigenvalue weighted by Crippen LogP contribution is 2.22. The Morgan fingerprint density at radius 2 is 2.12 bits per heavy atom. The van der Waals surface area contributed by atoms with Gasteiger partial charge in [-0.2, -0.15) is 0 Å². The Balaban J connectivity index is 1.47. The van der Waals surface area contributed by atoms with Gasteiger partial charge in [-0.25, -0.2) is 0 Å². The van der Waals surface area contributed by atoms with Crippen molar-refractivity contribution >= 4 is 5.91 Å². The van der Waals surface area contributed by atoms with Crippen molar-refractivity contribution in [3.8, 4) is 0 Å². The first-order valence-electron chi connectivity index (χ1n) is 8.83. The Hall–Kier alpha value is -2.18. The second kappa shape index (κ2) is 8.27. The number of aryl methyl sites for hydroxylation is 1. The minimum absolute atomic E-state index is 0.170. The number of likely N-dealkylation sites (tertiary alicyclic amines) is 1. The number of hydrogen-bond acceptors (Lipinski definition) is 5. The highest BCUT2D eigenvalue weighted by Gasteiger charge is 2.41. The maximum Gasteiger partial charge on any atom is 0.255 e. The molecular formula is C19H25N3O3. The molecule has 0 aliphatic carbocycles. The van der Waals surface area contributed by atoms with E-state index >= 15 is 0 Å². The van der Waals surface area contributed by atoms with Crippen LogP contribution in [-0.4, -0.2) is 46.3 Å². The minimum atomic E-state index is -1.33. The zero-order chi connectivity index (χ0) is 17.5. The normalized spacial score (nSPS) is 20.8. The number of aliphatic hydroxyl groups is 1. The van der Waals surface area contributed by atoms with Gasteiger partial charge in [0, 0.05) is 25.7 Å². The van der Waals surface area contributed by atoms with E-state index in [1.165, 1.54) is 5.56 Å². The number of piperidine rings is 1. The third kappa shape index (κ3) is 4.67. The number of amides is 1. The monoisotopic (exact) mass is 343 g/mol. The Bertz CT molecular complexity index is 660. The summed E-state index contributed by atoms with van der Waals surface area (Å²) < 4.78 is 5.01. The minimum Gasteiger partial charge on any atom is -0.379 e. The standard InChI is InChI=1S/C19H25N3O3/c23-18-19(24,15-20-14-17-9-11-21-25-17)10-5-13-22(18)12-4-8-16-6-2-1-3-7-16/h1-3,6-7,9,11,20,24H,4-5,8,10,12-15H2/t19-/m0/s1. The van der Waals surface area contributed by atoms with Crippen LogP contribution in [-0.2, 0) is 17.8 Å². The third-order valence-corrected chi connectivity index (χ3v) is 4.65. The summed E-state index contributed by atoms with van der Waals surface area (Å²) >= 11 is 0. The van der Waals surface area contributed by atoms with Gasteiger partial charge in [-0.3, -0.25) is 4.79 Å². The van der Waals surface area contributed by atoms with Crippen LogP contribution in [0.1, 0.15) is 30.6 Å². The molecule has 1 fully saturated rings. The zero-order valence-corrected chi connectivity index (χ0v) is 14.4. The number of nitrogens with one attached hydrogen (secondary N) is 1. The maximum absolute atomic E-state index is 12.7. The van der Waals surface area contributed by atoms with Gasteiger partial charge in [0.05, 0.1) is 12.7 Å². The van der Waals surface area contributed by atoms with E-state index in [2.05, 4.69) is 22.6 Å². The van der Waals surface area contributed by atoms with E-state index in [-0.39, 0.29) is 12.5 Å². The number of nitrogens with zero attached hydrogens (tertiary/aromatic N) is 2. The SMILES string of the molecule is O=C1N(CCCc2ccccc2)CCC[C@]1(O)CNCc1ccno1. The molecule has 0 bridgehead atoms. The molecule has 1 aromatic carbocycles. The molecule has 1 aliphatic heterocycles. The molecule has 0 spiro atoms. The molecule has 2 heterocycles. The first-order valence-corrected chi connectivity index (χ1v) is 8.83. The largest absolute Gasteiger partial charge is 0.379 e. The van der Waals surface area contributed by atoms with Gasteiger partial charge in [0.1, 0.15) is 5.76 Å². The summed E-state index contributed by atoms with van der Waals surface area (Å²) in [6.07, 6.45) is 4.72. The van der Waals surface area contributed by atoms with Gasteiger partial charge in [0.15, 0.2) is 5.60 Å². The van der Waals surface area contributed by atoms with Crippen molar-refractivity contribution in [2.45, 2.75) is 37.8 Å². The molecule has 6 nitrogen and oxygen atoms in total. The summed E-state index contributed by atoms with van der Waals surface area (Å²) in [6.45, 7) is 2.07. The van der Waals surface area contributed by atoms with E-state index in [1.54, 1.807) is 17.2 Å². The molecule has 1 atom stereocenters. The van der Waals surface area contributed by atoms with E-state index in [4.69, 9.17) is 4.52 Å². The fourth-order valence-electron chi connectivity index (χ4n) is 3.29. The summed E-state index contributed by atoms with van der Waals surface area (Å²) in [6, 6.07) is 12.0. The van der Waals surface area contributed by atoms with Crippen LogP contribution in [0.5, 0.6) is 0 Å². The van der Waals surface area contributed by atoms with Crippen molar-refractivity contribution in [1.82, 2.24) is 15.4 Å². The summed E-state index contributed by atoms with van der Waals surface area (Å²) in [5.41, 5.74) is -0.0543. The predicted octanol–water partition coefficient (Wildman–Crippen LogP) is 1.75. The van der Waals surface area contributed by atoms with Gasteiger partial charge in [-0.15, -0.1) is 0 Å². The Kier molecular flexibility index (Phi) is 5.83. The molecule has 2 aromatic rings. The van der Waals surface area contributed by atoms with E-state index in [1.807, 2.05) is 18.2 Å². The van der Waals surface area contributed by atoms with Crippen LogP contribution in [0.2, 0.25) is 0 Å². The Labute approximate surface area is 147 Å². The summed E-state index contributed by atoms with van der Waals surface area (Å²) in [4.78, 5) is 14.5. The molecule has 25 heavy (non-hydrogen) atoms. The van der Waals surface area contributed by atoms with Crippen molar-refractivity contribution in [1.29, 1.82) is 0 Å². The molecule has 6 heteroatoms. The smallest absolute Gasteiger partial charge is 0.255 e. The van der Waals surface area contributed by atoms with Gasteiger partial charge < -0.3 is 19.8 Å². The predicted molar refractivity (Wildman–Crippen MR) is 93.7 cm³/mol. The van der Waals surface area contributed by atoms with Crippen molar-refractivity contribution < 1.29 is 14.4 Å². The Morgan fingerprint density at radius 3 is 2.88 bits per heavy atom. The zero-order valence-electron chi connectivity index (χ0n) is 14.4. The van der Waals surface area contributed by atoms with E-state index in [0.29, 0.717) is 25.3 Å². The highest BCUT2D eigenvalue weighted by molar-refractivity contribution is 5.86. The van der Waals surface area contributed by atoms with Gasteiger partial charge in [-0.1, -0.05) is 35.5 Å². The average molecular weight is 343 g/mol. The van der Waals surface area contributed by atoms with E-state index < -0.39 is 5.60 Å². The van der Waals surface area contributed by atoms with Crippen molar-refractivity contribution in [3.63, 3.8) is 0 Å². The molecule has 0 saturated carbocycles. The molecule has 1 saturated heterocycles. The highest BCUT2D eigenvalue weighted by atomic mass is 16.5. The third-order valence-electron chi connectivity index (χ3n) is 4.65. The maximum atomic E-state index is 12.7. The number of rotatable bonds is 8. The van der Waals surface area contributed by atoms with Crippen molar-refractivity contribution in [2.75, 3.05) is 19.6 Å². The lowest BCUT2D eigenvalue weighted by Gasteiger charge is -2.38. The van der Waals surface area contributed by atoms with Crippen molar-refractivity contribution in [3.05, 3.63) is 53.9 Å². The van der Waals surface area contributed by atoms with Crippen LogP contribution in [0.25, 0.3) is 0 Å². The van der Waals surface area contributed by atoms with Crippen molar-refractivity contribution in [2.24, 2.45) is 0 Å². The average Bonchev–Trinajstić information content (AvgIpc) is 3.13. The lowest BCUT2D eigenvalue weighted by atomic mass is 9.91. The van der Waals surface area contributed by atoms with Gasteiger partial charge >= 0.3 is 0 Å². The number of carbonyl (C=O) groups is 1. The molecule has 1 aliphatic rings. The van der Waals surface area contributed by atoms with Crippen LogP contribution in [0.15, 0.2) is 47.1 Å². The number of aromatic nitrogens is 1. The number of benzene rings is 1. The van der Waals surface area contributed by atoms with Crippen LogP contribution in [0.4, 0.5) is 0 Å². The van der Waals surface area contributed by atoms with Gasteiger partial charge in [-0.05, 0) is 31.2 Å². The number of hydrogen-bond donors (Lipinski definition) is 2. The Morgan fingerprint density at radius 1 is 1.28 bits per heavy atom.